The lowest BCUT2D eigenvalue weighted by atomic mass is 10.3. The van der Waals surface area contributed by atoms with Gasteiger partial charge in [-0.2, -0.15) is 4.20 Å². The highest BCUT2D eigenvalue weighted by Crippen LogP contribution is 2.15. The Morgan fingerprint density at radius 1 is 1.54 bits per heavy atom. The Hall–Kier alpha value is -1.69. The van der Waals surface area contributed by atoms with Crippen LogP contribution in [0.2, 0.25) is 0 Å². The standard InChI is InChI=1S/C6H3ClN4O2/c7-11-4(6(12)13)1-3-5(10-11)9-2-8-3/h1-2H,(H,12,13). The lowest BCUT2D eigenvalue weighted by Crippen LogP contribution is -2.09. The molecule has 0 radical (unpaired) electrons. The smallest absolute Gasteiger partial charge is 0.355 e. The topological polar surface area (TPSA) is 80.9 Å². The summed E-state index contributed by atoms with van der Waals surface area (Å²) >= 11 is 5.51. The third-order valence-electron chi connectivity index (χ3n) is 1.48. The van der Waals surface area contributed by atoms with Crippen molar-refractivity contribution in [1.82, 2.24) is 19.3 Å². The van der Waals surface area contributed by atoms with E-state index in [4.69, 9.17) is 16.9 Å². The molecule has 0 spiro atoms. The number of imidazole rings is 1. The van der Waals surface area contributed by atoms with E-state index in [1.165, 1.54) is 12.4 Å². The van der Waals surface area contributed by atoms with E-state index < -0.39 is 5.97 Å². The largest absolute Gasteiger partial charge is 0.476 e. The van der Waals surface area contributed by atoms with E-state index in [-0.39, 0.29) is 5.69 Å². The van der Waals surface area contributed by atoms with Gasteiger partial charge in [-0.3, -0.25) is 0 Å². The fraction of sp³-hybridized carbons (Fsp3) is 0. The second-order valence-corrected chi connectivity index (χ2v) is 2.60. The van der Waals surface area contributed by atoms with Crippen molar-refractivity contribution >= 4 is 17.7 Å². The summed E-state index contributed by atoms with van der Waals surface area (Å²) < 4.78 is 0.735. The molecule has 66 valence electrons. The molecular formula is C6H3ClN4O2. The first-order valence-electron chi connectivity index (χ1n) is 3.28. The van der Waals surface area contributed by atoms with E-state index in [1.807, 2.05) is 0 Å². The summed E-state index contributed by atoms with van der Waals surface area (Å²) in [5, 5.41) is 12.4. The molecule has 0 saturated carbocycles. The number of fused-ring (bicyclic) bond motifs is 1. The number of aromatic carboxylic acids is 1. The number of hydrogen-bond donors (Lipinski definition) is 1. The van der Waals surface area contributed by atoms with Crippen LogP contribution in [0.3, 0.4) is 0 Å². The van der Waals surface area contributed by atoms with Gasteiger partial charge in [0.2, 0.25) is 5.82 Å². The van der Waals surface area contributed by atoms with Gasteiger partial charge >= 0.3 is 5.97 Å². The first-order valence-corrected chi connectivity index (χ1v) is 3.62. The van der Waals surface area contributed by atoms with E-state index in [0.717, 1.165) is 4.20 Å². The zero-order chi connectivity index (χ0) is 9.42. The normalized spacial score (nSPS) is 10.5. The minimum absolute atomic E-state index is 0.144. The molecule has 0 aromatic carbocycles. The van der Waals surface area contributed by atoms with E-state index in [1.54, 1.807) is 0 Å². The van der Waals surface area contributed by atoms with Gasteiger partial charge in [0.05, 0.1) is 0 Å². The zero-order valence-corrected chi connectivity index (χ0v) is 6.93. The number of carbonyl (C=O) groups is 1. The van der Waals surface area contributed by atoms with Crippen molar-refractivity contribution in [2.75, 3.05) is 0 Å². The Bertz CT molecular complexity index is 440. The van der Waals surface area contributed by atoms with E-state index in [2.05, 4.69) is 15.1 Å². The fourth-order valence-corrected chi connectivity index (χ4v) is 1.10. The lowest BCUT2D eigenvalue weighted by Gasteiger charge is -2.01. The van der Waals surface area contributed by atoms with Crippen molar-refractivity contribution in [3.05, 3.63) is 18.1 Å². The summed E-state index contributed by atoms with van der Waals surface area (Å²) in [4.78, 5) is 18.1. The third kappa shape index (κ3) is 1.20. The van der Waals surface area contributed by atoms with E-state index >= 15 is 0 Å². The summed E-state index contributed by atoms with van der Waals surface area (Å²) in [5.41, 5.74) is 0.268. The van der Waals surface area contributed by atoms with Crippen LogP contribution in [-0.4, -0.2) is 30.3 Å². The molecule has 0 atom stereocenters. The average Bonchev–Trinajstić information content (AvgIpc) is 2.48. The summed E-state index contributed by atoms with van der Waals surface area (Å²) in [7, 11) is 0. The maximum Gasteiger partial charge on any atom is 0.355 e. The molecular weight excluding hydrogens is 196 g/mol. The van der Waals surface area contributed by atoms with Crippen LogP contribution >= 0.6 is 11.8 Å². The summed E-state index contributed by atoms with van der Waals surface area (Å²) in [6, 6.07) is 1.31. The predicted molar refractivity (Wildman–Crippen MR) is 42.6 cm³/mol. The number of rotatable bonds is 1. The molecule has 2 rings (SSSR count). The Morgan fingerprint density at radius 2 is 2.31 bits per heavy atom. The predicted octanol–water partition coefficient (Wildman–Crippen LogP) is 0.478. The van der Waals surface area contributed by atoms with Crippen molar-refractivity contribution in [2.45, 2.75) is 0 Å². The molecule has 7 heteroatoms. The van der Waals surface area contributed by atoms with Gasteiger partial charge in [0.25, 0.3) is 0 Å². The Morgan fingerprint density at radius 3 is 3.00 bits per heavy atom. The number of aromatic nitrogens is 4. The van der Waals surface area contributed by atoms with Gasteiger partial charge in [0, 0.05) is 17.8 Å². The van der Waals surface area contributed by atoms with Crippen molar-refractivity contribution in [1.29, 1.82) is 0 Å². The lowest BCUT2D eigenvalue weighted by molar-refractivity contribution is 0.0687. The first-order chi connectivity index (χ1) is 6.18. The average molecular weight is 199 g/mol. The highest BCUT2D eigenvalue weighted by Gasteiger charge is 2.15. The molecule has 1 N–H and O–H groups in total. The van der Waals surface area contributed by atoms with Gasteiger partial charge in [-0.25, -0.2) is 14.8 Å². The number of carboxylic acid groups (broad SMARTS) is 1. The maximum absolute atomic E-state index is 10.6. The van der Waals surface area contributed by atoms with Gasteiger partial charge in [-0.15, -0.1) is 5.10 Å². The van der Waals surface area contributed by atoms with Crippen LogP contribution in [0, 0.1) is 0 Å². The van der Waals surface area contributed by atoms with Crippen molar-refractivity contribution in [3.63, 3.8) is 0 Å². The van der Waals surface area contributed by atoms with Crippen LogP contribution in [0.1, 0.15) is 10.5 Å². The summed E-state index contributed by atoms with van der Waals surface area (Å²) in [6.07, 6.45) is 1.29. The SMILES string of the molecule is O=C(O)c1cc2ncnc-2nn1Cl. The van der Waals surface area contributed by atoms with Crippen LogP contribution < -0.4 is 0 Å². The highest BCUT2D eigenvalue weighted by molar-refractivity contribution is 6.17. The van der Waals surface area contributed by atoms with Crippen molar-refractivity contribution < 1.29 is 9.90 Å². The summed E-state index contributed by atoms with van der Waals surface area (Å²) in [5.74, 6) is -0.840. The van der Waals surface area contributed by atoms with Crippen LogP contribution in [0.5, 0.6) is 0 Å². The molecule has 13 heavy (non-hydrogen) atoms. The molecule has 6 nitrogen and oxygen atoms in total. The molecule has 0 amide bonds. The van der Waals surface area contributed by atoms with Crippen molar-refractivity contribution in [2.24, 2.45) is 0 Å². The Kier molecular flexibility index (Phi) is 1.63. The van der Waals surface area contributed by atoms with E-state index in [9.17, 15) is 4.79 Å². The monoisotopic (exact) mass is 198 g/mol. The van der Waals surface area contributed by atoms with Crippen LogP contribution in [0.15, 0.2) is 12.4 Å². The third-order valence-corrected chi connectivity index (χ3v) is 1.74. The second-order valence-electron chi connectivity index (χ2n) is 2.28. The van der Waals surface area contributed by atoms with Crippen LogP contribution in [0.4, 0.5) is 0 Å². The minimum Gasteiger partial charge on any atom is -0.476 e. The van der Waals surface area contributed by atoms with Gasteiger partial charge < -0.3 is 5.11 Å². The molecule has 0 aliphatic carbocycles. The molecule has 2 heterocycles. The number of nitrogens with zero attached hydrogens (tertiary/aromatic N) is 4. The molecule has 0 saturated heterocycles. The minimum atomic E-state index is -1.16. The molecule has 0 aromatic rings. The quantitative estimate of drug-likeness (QED) is 0.721. The zero-order valence-electron chi connectivity index (χ0n) is 6.18. The number of hydrogen-bond acceptors (Lipinski definition) is 4. The number of carboxylic acids is 1. The van der Waals surface area contributed by atoms with Gasteiger partial charge in [0.1, 0.15) is 12.0 Å². The first kappa shape index (κ1) is 7.93. The molecule has 0 bridgehead atoms. The van der Waals surface area contributed by atoms with Gasteiger partial charge in [-0.1, -0.05) is 0 Å². The van der Waals surface area contributed by atoms with Crippen LogP contribution in [0.25, 0.3) is 11.5 Å². The fourth-order valence-electron chi connectivity index (χ4n) is 0.909. The Balaban J connectivity index is 2.71. The molecule has 0 unspecified atom stereocenters. The van der Waals surface area contributed by atoms with Gasteiger partial charge in [-0.05, 0) is 0 Å². The van der Waals surface area contributed by atoms with Crippen LogP contribution in [-0.2, 0) is 0 Å². The number of halogens is 1. The highest BCUT2D eigenvalue weighted by atomic mass is 35.5. The van der Waals surface area contributed by atoms with Gasteiger partial charge in [0.15, 0.2) is 5.69 Å². The maximum atomic E-state index is 10.6. The molecule has 2 aliphatic rings. The second kappa shape index (κ2) is 2.67. The molecule has 2 aliphatic heterocycles. The molecule has 0 fully saturated rings. The summed E-state index contributed by atoms with van der Waals surface area (Å²) in [6.45, 7) is 0. The molecule has 0 aromatic heterocycles. The van der Waals surface area contributed by atoms with E-state index in [0.29, 0.717) is 11.5 Å². The van der Waals surface area contributed by atoms with Crippen molar-refractivity contribution in [3.8, 4) is 11.5 Å². The Labute approximate surface area is 77.2 Å².